The number of fused-ring (bicyclic) bond motifs is 9. The Morgan fingerprint density at radius 2 is 0.908 bits per heavy atom. The van der Waals surface area contributed by atoms with Gasteiger partial charge in [-0.15, -0.1) is 0 Å². The van der Waals surface area contributed by atoms with E-state index in [1.165, 1.54) is 44.8 Å². The zero-order valence-electron chi connectivity index (χ0n) is 35.6. The van der Waals surface area contributed by atoms with Gasteiger partial charge in [-0.2, -0.15) is 0 Å². The lowest BCUT2D eigenvalue weighted by atomic mass is 9.64. The minimum atomic E-state index is -0.529. The average Bonchev–Trinajstić information content (AvgIpc) is 3.67. The molecular formula is C61H44N4. The van der Waals surface area contributed by atoms with Crippen LogP contribution < -0.4 is 16.0 Å². The maximum atomic E-state index is 7.14. The van der Waals surface area contributed by atoms with Gasteiger partial charge in [0.05, 0.1) is 16.8 Å². The van der Waals surface area contributed by atoms with Crippen LogP contribution in [0, 0.1) is 0 Å². The van der Waals surface area contributed by atoms with Gasteiger partial charge in [-0.05, 0) is 115 Å². The first-order valence-corrected chi connectivity index (χ1v) is 22.3. The molecule has 65 heavy (non-hydrogen) atoms. The summed E-state index contributed by atoms with van der Waals surface area (Å²) in [5.74, 6) is 0.735. The lowest BCUT2D eigenvalue weighted by molar-refractivity contribution is 0.753. The topological polar surface area (TPSA) is 54.2 Å². The van der Waals surface area contributed by atoms with E-state index in [1.54, 1.807) is 0 Å². The molecule has 1 aliphatic carbocycles. The van der Waals surface area contributed by atoms with Crippen molar-refractivity contribution in [3.8, 4) is 55.6 Å². The van der Waals surface area contributed by atoms with Gasteiger partial charge in [0, 0.05) is 23.0 Å². The summed E-state index contributed by atoms with van der Waals surface area (Å²) in [6.45, 7) is 0. The minimum absolute atomic E-state index is 0.496. The van der Waals surface area contributed by atoms with Crippen LogP contribution in [0.4, 0.5) is 22.9 Å². The summed E-state index contributed by atoms with van der Waals surface area (Å²) in [7, 11) is 0. The number of benzene rings is 9. The van der Waals surface area contributed by atoms with Crippen LogP contribution in [0.3, 0.4) is 0 Å². The van der Waals surface area contributed by atoms with E-state index in [-0.39, 0.29) is 0 Å². The van der Waals surface area contributed by atoms with E-state index in [0.29, 0.717) is 0 Å². The zero-order valence-corrected chi connectivity index (χ0v) is 35.6. The maximum Gasteiger partial charge on any atom is 0.135 e. The highest BCUT2D eigenvalue weighted by Crippen LogP contribution is 2.63. The lowest BCUT2D eigenvalue weighted by Gasteiger charge is -2.45. The molecule has 0 fully saturated rings. The molecule has 4 nitrogen and oxygen atoms in total. The quantitative estimate of drug-likeness (QED) is 0.150. The average molecular weight is 833 g/mol. The fraction of sp³-hybridized carbons (Fsp3) is 0.0328. The first-order valence-electron chi connectivity index (χ1n) is 22.3. The number of nitrogens with one attached hydrogen (secondary N) is 1. The standard InChI is InChI=1S/C61H44N4/c62-59(64-60-51(42-21-6-2-7-22-42)39-46(40-63-60)41-19-4-1-5-20-41)50-29-11-10-27-48(50)45-24-18-23-43(37-45)44-35-36-54-52(38-44)49-28-12-13-30-53(49)61(54)55-31-14-16-33-57(55)65(47-25-8-3-9-26-47)58-34-17-15-32-56(58)61/h1-40,59H,62H2,(H,63,64). The van der Waals surface area contributed by atoms with Crippen molar-refractivity contribution in [1.82, 2.24) is 4.98 Å². The third-order valence-corrected chi connectivity index (χ3v) is 13.3. The highest BCUT2D eigenvalue weighted by atomic mass is 15.2. The lowest BCUT2D eigenvalue weighted by Crippen LogP contribution is -2.36. The monoisotopic (exact) mass is 832 g/mol. The molecule has 1 aromatic heterocycles. The van der Waals surface area contributed by atoms with E-state index in [9.17, 15) is 0 Å². The van der Waals surface area contributed by atoms with Gasteiger partial charge in [0.1, 0.15) is 12.0 Å². The molecule has 1 unspecified atom stereocenters. The molecule has 1 atom stereocenters. The predicted octanol–water partition coefficient (Wildman–Crippen LogP) is 15.0. The number of anilines is 4. The van der Waals surface area contributed by atoms with Crippen molar-refractivity contribution < 1.29 is 0 Å². The van der Waals surface area contributed by atoms with Crippen molar-refractivity contribution >= 4 is 22.9 Å². The van der Waals surface area contributed by atoms with Gasteiger partial charge < -0.3 is 16.0 Å². The molecule has 2 heterocycles. The second-order valence-electron chi connectivity index (χ2n) is 16.9. The van der Waals surface area contributed by atoms with Crippen LogP contribution in [0.2, 0.25) is 0 Å². The summed E-state index contributed by atoms with van der Waals surface area (Å²) < 4.78 is 0. The molecule has 9 aromatic carbocycles. The molecule has 10 aromatic rings. The van der Waals surface area contributed by atoms with Crippen molar-refractivity contribution in [2.45, 2.75) is 11.6 Å². The van der Waals surface area contributed by atoms with Crippen LogP contribution >= 0.6 is 0 Å². The molecule has 1 aliphatic heterocycles. The van der Waals surface area contributed by atoms with Gasteiger partial charge in [-0.25, -0.2) is 4.98 Å². The van der Waals surface area contributed by atoms with E-state index in [2.05, 4.69) is 235 Å². The van der Waals surface area contributed by atoms with Crippen molar-refractivity contribution in [2.24, 2.45) is 5.73 Å². The van der Waals surface area contributed by atoms with E-state index < -0.39 is 11.6 Å². The zero-order chi connectivity index (χ0) is 43.3. The maximum absolute atomic E-state index is 7.14. The molecule has 2 aliphatic rings. The number of rotatable bonds is 8. The summed E-state index contributed by atoms with van der Waals surface area (Å²) in [5.41, 5.74) is 27.6. The minimum Gasteiger partial charge on any atom is -0.350 e. The second kappa shape index (κ2) is 15.8. The van der Waals surface area contributed by atoms with Crippen LogP contribution in [0.15, 0.2) is 243 Å². The Bertz CT molecular complexity index is 3330. The van der Waals surface area contributed by atoms with Crippen LogP contribution in [0.5, 0.6) is 0 Å². The van der Waals surface area contributed by atoms with Crippen LogP contribution in [-0.2, 0) is 5.41 Å². The molecular weight excluding hydrogens is 789 g/mol. The van der Waals surface area contributed by atoms with E-state index in [1.807, 2.05) is 18.3 Å². The van der Waals surface area contributed by atoms with Gasteiger partial charge in [-0.3, -0.25) is 0 Å². The normalized spacial score (nSPS) is 13.3. The highest BCUT2D eigenvalue weighted by molar-refractivity contribution is 5.97. The number of para-hydroxylation sites is 3. The number of aromatic nitrogens is 1. The van der Waals surface area contributed by atoms with E-state index in [0.717, 1.165) is 61.6 Å². The third-order valence-electron chi connectivity index (χ3n) is 13.3. The SMILES string of the molecule is NC(Nc1ncc(-c2ccccc2)cc1-c1ccccc1)c1ccccc1-c1cccc(-c2ccc3c(c2)-c2ccccc2C32c3ccccc3N(c3ccccc3)c3ccccc32)c1. The van der Waals surface area contributed by atoms with E-state index in [4.69, 9.17) is 10.7 Å². The number of nitrogens with zero attached hydrogens (tertiary/aromatic N) is 2. The van der Waals surface area contributed by atoms with Crippen molar-refractivity contribution in [2.75, 3.05) is 10.2 Å². The van der Waals surface area contributed by atoms with E-state index >= 15 is 0 Å². The summed E-state index contributed by atoms with van der Waals surface area (Å²) in [4.78, 5) is 7.40. The number of hydrogen-bond acceptors (Lipinski definition) is 4. The smallest absolute Gasteiger partial charge is 0.135 e. The second-order valence-corrected chi connectivity index (χ2v) is 16.9. The Balaban J connectivity index is 0.932. The summed E-state index contributed by atoms with van der Waals surface area (Å²) >= 11 is 0. The van der Waals surface area contributed by atoms with Crippen molar-refractivity contribution in [3.05, 3.63) is 271 Å². The number of pyridine rings is 1. The first kappa shape index (κ1) is 38.4. The van der Waals surface area contributed by atoms with Crippen molar-refractivity contribution in [3.63, 3.8) is 0 Å². The molecule has 0 saturated carbocycles. The Labute approximate surface area is 380 Å². The molecule has 1 spiro atoms. The first-order chi connectivity index (χ1) is 32.2. The largest absolute Gasteiger partial charge is 0.350 e. The summed E-state index contributed by atoms with van der Waals surface area (Å²) in [5, 5.41) is 3.62. The number of nitrogens with two attached hydrogens (primary N) is 1. The van der Waals surface area contributed by atoms with Gasteiger partial charge in [0.25, 0.3) is 0 Å². The summed E-state index contributed by atoms with van der Waals surface area (Å²) in [6.07, 6.45) is 1.40. The highest BCUT2D eigenvalue weighted by Gasteiger charge is 2.51. The molecule has 0 bridgehead atoms. The third kappa shape index (κ3) is 6.30. The van der Waals surface area contributed by atoms with Gasteiger partial charge >= 0.3 is 0 Å². The molecule has 12 rings (SSSR count). The van der Waals surface area contributed by atoms with Gasteiger partial charge in [-0.1, -0.05) is 194 Å². The Morgan fingerprint density at radius 3 is 1.63 bits per heavy atom. The van der Waals surface area contributed by atoms with Crippen LogP contribution in [0.1, 0.15) is 34.0 Å². The van der Waals surface area contributed by atoms with Crippen LogP contribution in [0.25, 0.3) is 55.6 Å². The van der Waals surface area contributed by atoms with Crippen LogP contribution in [-0.4, -0.2) is 4.98 Å². The molecule has 308 valence electrons. The molecule has 4 heteroatoms. The Hall–Kier alpha value is -8.31. The molecule has 0 radical (unpaired) electrons. The Morgan fingerprint density at radius 1 is 0.385 bits per heavy atom. The molecule has 3 N–H and O–H groups in total. The number of hydrogen-bond donors (Lipinski definition) is 2. The van der Waals surface area contributed by atoms with Crippen molar-refractivity contribution in [1.29, 1.82) is 0 Å². The van der Waals surface area contributed by atoms with Gasteiger partial charge in [0.15, 0.2) is 0 Å². The predicted molar refractivity (Wildman–Crippen MR) is 269 cm³/mol. The Kier molecular flexibility index (Phi) is 9.32. The molecule has 0 amide bonds. The van der Waals surface area contributed by atoms with Gasteiger partial charge in [0.2, 0.25) is 0 Å². The molecule has 0 saturated heterocycles. The fourth-order valence-corrected chi connectivity index (χ4v) is 10.5. The summed E-state index contributed by atoms with van der Waals surface area (Å²) in [6, 6.07) is 85.0. The fourth-order valence-electron chi connectivity index (χ4n) is 10.5.